The molecule has 2 rings (SSSR count). The molecule has 2 N–H and O–H groups in total. The first kappa shape index (κ1) is 27.2. The van der Waals surface area contributed by atoms with Crippen LogP contribution in [-0.4, -0.2) is 40.5 Å². The summed E-state index contributed by atoms with van der Waals surface area (Å²) in [5.74, 6) is -2.25. The Kier molecular flexibility index (Phi) is 9.49. The van der Waals surface area contributed by atoms with Gasteiger partial charge in [0.05, 0.1) is 20.1 Å². The number of ether oxygens (including phenoxy) is 2. The summed E-state index contributed by atoms with van der Waals surface area (Å²) in [6.45, 7) is 7.22. The quantitative estimate of drug-likeness (QED) is 0.392. The van der Waals surface area contributed by atoms with E-state index in [1.54, 1.807) is 40.0 Å². The van der Waals surface area contributed by atoms with Crippen molar-refractivity contribution >= 4 is 11.8 Å². The lowest BCUT2D eigenvalue weighted by atomic mass is 9.83. The summed E-state index contributed by atoms with van der Waals surface area (Å²) in [4.78, 5) is 38.0. The molecule has 1 aromatic heterocycles. The maximum atomic E-state index is 13.7. The monoisotopic (exact) mass is 475 g/mol. The molecule has 8 nitrogen and oxygen atoms in total. The standard InChI is InChI=1S/C25H34FN3O5/c1-6-17(13-18(22(31)23(26)27)14-21(30)34-25(2,3)4)20-10-11-28-29(24(20)32)15-16-8-7-9-19(12-16)33-5/h7-12,17-18,23H,6,13-15,27H2,1-5H3. The molecule has 0 saturated heterocycles. The molecule has 0 amide bonds. The molecule has 0 aliphatic heterocycles. The van der Waals surface area contributed by atoms with Crippen molar-refractivity contribution in [2.45, 2.75) is 71.3 Å². The number of aromatic nitrogens is 2. The van der Waals surface area contributed by atoms with Crippen molar-refractivity contribution in [3.63, 3.8) is 0 Å². The van der Waals surface area contributed by atoms with Crippen molar-refractivity contribution in [3.8, 4) is 5.75 Å². The van der Waals surface area contributed by atoms with E-state index in [1.807, 2.05) is 25.1 Å². The summed E-state index contributed by atoms with van der Waals surface area (Å²) >= 11 is 0. The smallest absolute Gasteiger partial charge is 0.307 e. The van der Waals surface area contributed by atoms with E-state index >= 15 is 0 Å². The Bertz CT molecular complexity index is 1050. The van der Waals surface area contributed by atoms with E-state index in [2.05, 4.69) is 5.10 Å². The number of rotatable bonds is 11. The van der Waals surface area contributed by atoms with Crippen molar-refractivity contribution in [1.29, 1.82) is 0 Å². The van der Waals surface area contributed by atoms with Crippen LogP contribution in [0.1, 0.15) is 64.0 Å². The zero-order chi connectivity index (χ0) is 25.5. The van der Waals surface area contributed by atoms with Gasteiger partial charge in [0.2, 0.25) is 6.30 Å². The van der Waals surface area contributed by atoms with Crippen molar-refractivity contribution in [2.75, 3.05) is 7.11 Å². The summed E-state index contributed by atoms with van der Waals surface area (Å²) in [5, 5.41) is 4.18. The third-order valence-electron chi connectivity index (χ3n) is 5.42. The number of hydrogen-bond donors (Lipinski definition) is 1. The van der Waals surface area contributed by atoms with E-state index in [4.69, 9.17) is 15.2 Å². The maximum absolute atomic E-state index is 13.7. The number of halogens is 1. The summed E-state index contributed by atoms with van der Waals surface area (Å²) < 4.78 is 25.6. The molecule has 0 aliphatic carbocycles. The Hall–Kier alpha value is -3.07. The van der Waals surface area contributed by atoms with Crippen LogP contribution in [-0.2, 0) is 20.9 Å². The Morgan fingerprint density at radius 2 is 1.94 bits per heavy atom. The van der Waals surface area contributed by atoms with Crippen LogP contribution in [0.5, 0.6) is 5.75 Å². The van der Waals surface area contributed by atoms with Crippen LogP contribution >= 0.6 is 0 Å². The second kappa shape index (κ2) is 11.9. The molecule has 0 aliphatic rings. The molecule has 34 heavy (non-hydrogen) atoms. The fourth-order valence-electron chi connectivity index (χ4n) is 3.80. The first-order chi connectivity index (χ1) is 15.9. The third-order valence-corrected chi connectivity index (χ3v) is 5.42. The van der Waals surface area contributed by atoms with E-state index in [1.165, 1.54) is 10.9 Å². The topological polar surface area (TPSA) is 114 Å². The van der Waals surface area contributed by atoms with Gasteiger partial charge in [0.25, 0.3) is 5.56 Å². The molecule has 1 heterocycles. The fraction of sp³-hybridized carbons (Fsp3) is 0.520. The molecule has 0 bridgehead atoms. The van der Waals surface area contributed by atoms with Gasteiger partial charge in [0.15, 0.2) is 5.78 Å². The molecule has 186 valence electrons. The highest BCUT2D eigenvalue weighted by molar-refractivity contribution is 5.88. The number of nitrogens with two attached hydrogens (primary N) is 1. The van der Waals surface area contributed by atoms with Gasteiger partial charge < -0.3 is 9.47 Å². The first-order valence-corrected chi connectivity index (χ1v) is 11.3. The molecule has 2 aromatic rings. The van der Waals surface area contributed by atoms with E-state index in [9.17, 15) is 18.8 Å². The number of ketones is 1. The van der Waals surface area contributed by atoms with Gasteiger partial charge in [0, 0.05) is 17.7 Å². The van der Waals surface area contributed by atoms with E-state index < -0.39 is 35.5 Å². The van der Waals surface area contributed by atoms with Gasteiger partial charge in [-0.2, -0.15) is 5.10 Å². The second-order valence-electron chi connectivity index (χ2n) is 9.23. The minimum atomic E-state index is -2.22. The van der Waals surface area contributed by atoms with Gasteiger partial charge >= 0.3 is 5.97 Å². The fourth-order valence-corrected chi connectivity index (χ4v) is 3.80. The average Bonchev–Trinajstić information content (AvgIpc) is 2.76. The summed E-state index contributed by atoms with van der Waals surface area (Å²) in [5.41, 5.74) is 5.42. The van der Waals surface area contributed by atoms with Crippen molar-refractivity contribution < 1.29 is 23.5 Å². The molecular formula is C25H34FN3O5. The van der Waals surface area contributed by atoms with Gasteiger partial charge in [-0.3, -0.25) is 20.1 Å². The van der Waals surface area contributed by atoms with Gasteiger partial charge in [-0.25, -0.2) is 9.07 Å². The number of hydrogen-bond acceptors (Lipinski definition) is 7. The number of nitrogens with zero attached hydrogens (tertiary/aromatic N) is 2. The van der Waals surface area contributed by atoms with Crippen LogP contribution in [0.25, 0.3) is 0 Å². The molecular weight excluding hydrogens is 441 g/mol. The number of carbonyl (C=O) groups excluding carboxylic acids is 2. The largest absolute Gasteiger partial charge is 0.497 e. The summed E-state index contributed by atoms with van der Waals surface area (Å²) in [6.07, 6.45) is -0.423. The van der Waals surface area contributed by atoms with Crippen molar-refractivity contribution in [1.82, 2.24) is 9.78 Å². The number of methoxy groups -OCH3 is 1. The zero-order valence-corrected chi connectivity index (χ0v) is 20.4. The molecule has 1 aromatic carbocycles. The van der Waals surface area contributed by atoms with E-state index in [-0.39, 0.29) is 24.9 Å². The summed E-state index contributed by atoms with van der Waals surface area (Å²) in [7, 11) is 1.56. The number of benzene rings is 1. The lowest BCUT2D eigenvalue weighted by Gasteiger charge is -2.24. The van der Waals surface area contributed by atoms with Gasteiger partial charge in [0.1, 0.15) is 11.4 Å². The van der Waals surface area contributed by atoms with Gasteiger partial charge in [-0.1, -0.05) is 19.1 Å². The Balaban J connectivity index is 2.30. The van der Waals surface area contributed by atoms with Crippen molar-refractivity contribution in [3.05, 3.63) is 58.0 Å². The summed E-state index contributed by atoms with van der Waals surface area (Å²) in [6, 6.07) is 8.91. The minimum Gasteiger partial charge on any atom is -0.497 e. The van der Waals surface area contributed by atoms with Crippen LogP contribution in [0.2, 0.25) is 0 Å². The van der Waals surface area contributed by atoms with E-state index in [0.29, 0.717) is 17.7 Å². The highest BCUT2D eigenvalue weighted by atomic mass is 19.1. The second-order valence-corrected chi connectivity index (χ2v) is 9.23. The Labute approximate surface area is 199 Å². The van der Waals surface area contributed by atoms with Crippen molar-refractivity contribution in [2.24, 2.45) is 11.7 Å². The highest BCUT2D eigenvalue weighted by Gasteiger charge is 2.32. The van der Waals surface area contributed by atoms with Crippen LogP contribution in [0.4, 0.5) is 4.39 Å². The molecule has 9 heteroatoms. The SMILES string of the molecule is CCC(CC(CC(=O)OC(C)(C)C)C(=O)C(N)F)c1ccnn(Cc2cccc(OC)c2)c1=O. The Morgan fingerprint density at radius 1 is 1.24 bits per heavy atom. The molecule has 3 atom stereocenters. The zero-order valence-electron chi connectivity index (χ0n) is 20.4. The van der Waals surface area contributed by atoms with Crippen LogP contribution in [0.15, 0.2) is 41.3 Å². The van der Waals surface area contributed by atoms with Crippen LogP contribution in [0.3, 0.4) is 0 Å². The lowest BCUT2D eigenvalue weighted by Crippen LogP contribution is -2.36. The minimum absolute atomic E-state index is 0.0879. The Morgan fingerprint density at radius 3 is 2.53 bits per heavy atom. The predicted octanol–water partition coefficient (Wildman–Crippen LogP) is 3.36. The van der Waals surface area contributed by atoms with E-state index in [0.717, 1.165) is 5.56 Å². The number of alkyl halides is 1. The van der Waals surface area contributed by atoms with Crippen LogP contribution < -0.4 is 16.0 Å². The maximum Gasteiger partial charge on any atom is 0.307 e. The average molecular weight is 476 g/mol. The molecule has 0 radical (unpaired) electrons. The number of esters is 1. The number of carbonyl (C=O) groups is 2. The van der Waals surface area contributed by atoms with Crippen LogP contribution in [0, 0.1) is 5.92 Å². The first-order valence-electron chi connectivity index (χ1n) is 11.3. The molecule has 0 saturated carbocycles. The van der Waals surface area contributed by atoms with Gasteiger partial charge in [-0.15, -0.1) is 0 Å². The highest BCUT2D eigenvalue weighted by Crippen LogP contribution is 2.29. The number of Topliss-reactive ketones (excluding diaryl/α,β-unsaturated/α-hetero) is 1. The predicted molar refractivity (Wildman–Crippen MR) is 126 cm³/mol. The molecule has 0 fully saturated rings. The van der Waals surface area contributed by atoms with Gasteiger partial charge in [-0.05, 0) is 63.3 Å². The molecule has 3 unspecified atom stereocenters. The lowest BCUT2D eigenvalue weighted by molar-refractivity contribution is -0.157. The third kappa shape index (κ3) is 7.76. The normalized spacial score (nSPS) is 14.2. The molecule has 0 spiro atoms.